The Morgan fingerprint density at radius 3 is 2.58 bits per heavy atom. The van der Waals surface area contributed by atoms with Crippen LogP contribution in [0.3, 0.4) is 0 Å². The summed E-state index contributed by atoms with van der Waals surface area (Å²) in [6.45, 7) is 5.90. The van der Waals surface area contributed by atoms with Crippen molar-refractivity contribution in [3.63, 3.8) is 0 Å². The number of hydrogen-bond donors (Lipinski definition) is 1. The van der Waals surface area contributed by atoms with Crippen molar-refractivity contribution in [2.45, 2.75) is 76.1 Å². The van der Waals surface area contributed by atoms with Crippen LogP contribution in [-0.2, 0) is 6.42 Å². The van der Waals surface area contributed by atoms with E-state index in [1.165, 1.54) is 29.6 Å². The molecule has 1 spiro atoms. The molecule has 48 heavy (non-hydrogen) atoms. The molecular formula is C34H38F3N6O4Pb. The van der Waals surface area contributed by atoms with E-state index in [4.69, 9.17) is 9.47 Å². The number of nitrogens with zero attached hydrogens (tertiary/aromatic N) is 6. The number of aliphatic hydroxyl groups excluding tert-OH is 1. The first-order valence-corrected chi connectivity index (χ1v) is 19.1. The van der Waals surface area contributed by atoms with Gasteiger partial charge in [0.1, 0.15) is 17.9 Å². The van der Waals surface area contributed by atoms with Gasteiger partial charge in [-0.15, -0.1) is 0 Å². The van der Waals surface area contributed by atoms with Gasteiger partial charge in [-0.1, -0.05) is 0 Å². The van der Waals surface area contributed by atoms with E-state index in [0.29, 0.717) is 11.6 Å². The maximum atomic E-state index is 14.5. The summed E-state index contributed by atoms with van der Waals surface area (Å²) in [5.74, 6) is -2.22. The Kier molecular flexibility index (Phi) is 9.06. The number of hydrogen-bond acceptors (Lipinski definition) is 9. The number of aliphatic hydroxyl groups is 1. The van der Waals surface area contributed by atoms with E-state index in [-0.39, 0.29) is 41.5 Å². The molecule has 2 aliphatic heterocycles. The van der Waals surface area contributed by atoms with Gasteiger partial charge in [0.05, 0.1) is 11.8 Å². The molecule has 0 bridgehead atoms. The largest absolute Gasteiger partial charge is 0.252 e. The van der Waals surface area contributed by atoms with Crippen LogP contribution < -0.4 is 14.4 Å². The molecule has 1 N–H and O–H groups in total. The molecule has 253 valence electrons. The van der Waals surface area contributed by atoms with E-state index < -0.39 is 36.5 Å². The van der Waals surface area contributed by atoms with Crippen molar-refractivity contribution in [2.24, 2.45) is 5.41 Å². The van der Waals surface area contributed by atoms with Gasteiger partial charge in [0.2, 0.25) is 0 Å². The third-order valence-corrected chi connectivity index (χ3v) is 11.7. The van der Waals surface area contributed by atoms with E-state index in [0.717, 1.165) is 91.8 Å². The minimum absolute atomic E-state index is 0.0349. The Morgan fingerprint density at radius 1 is 1.12 bits per heavy atom. The van der Waals surface area contributed by atoms with Crippen molar-refractivity contribution in [1.82, 2.24) is 24.8 Å². The van der Waals surface area contributed by atoms with E-state index in [9.17, 15) is 23.1 Å². The minimum atomic E-state index is -2.81. The van der Waals surface area contributed by atoms with Crippen LogP contribution in [0.15, 0.2) is 43.0 Å². The molecular weight excluding hydrogens is 821 g/mol. The zero-order chi connectivity index (χ0) is 33.8. The van der Waals surface area contributed by atoms with Gasteiger partial charge in [-0.2, -0.15) is 0 Å². The number of fused-ring (bicyclic) bond motifs is 1. The van der Waals surface area contributed by atoms with Gasteiger partial charge in [-0.05, 0) is 32.0 Å². The number of alkyl halides is 2. The summed E-state index contributed by atoms with van der Waals surface area (Å²) >= 11 is 1.03. The molecule has 1 saturated heterocycles. The number of aromatic nitrogens is 3. The molecule has 1 aromatic carbocycles. The second-order valence-corrected chi connectivity index (χ2v) is 15.0. The maximum Gasteiger partial charge on any atom is 0.252 e. The SMILES string of the molecule is CC(C)N(C(=O)c1cc(F)ccc1Oc1cncnc1N1CC2(CC(Oc3ccnc4c3C(CO)N([CH2][Pb])CC4)C2)C1)C1CC(F)(F)C1. The third kappa shape index (κ3) is 6.25. The molecule has 10 nitrogen and oxygen atoms in total. The second kappa shape index (κ2) is 13.0. The van der Waals surface area contributed by atoms with Gasteiger partial charge in [0.25, 0.3) is 11.8 Å². The van der Waals surface area contributed by atoms with Gasteiger partial charge in [-0.25, -0.2) is 23.1 Å². The van der Waals surface area contributed by atoms with Crippen molar-refractivity contribution < 1.29 is 32.5 Å². The van der Waals surface area contributed by atoms with Gasteiger partial charge < -0.3 is 9.64 Å². The molecule has 2 aromatic heterocycles. The molecule has 4 heterocycles. The average molecular weight is 859 g/mol. The zero-order valence-corrected chi connectivity index (χ0v) is 30.8. The number of carbonyl (C=O) groups excluding carboxylic acids is 1. The summed E-state index contributed by atoms with van der Waals surface area (Å²) in [5, 5.41) is 10.2. The van der Waals surface area contributed by atoms with Crippen LogP contribution in [-0.4, -0.2) is 116 Å². The van der Waals surface area contributed by atoms with Crippen LogP contribution in [0, 0.1) is 11.2 Å². The van der Waals surface area contributed by atoms with Crippen LogP contribution in [0.5, 0.6) is 17.2 Å². The van der Waals surface area contributed by atoms with Crippen LogP contribution in [0.1, 0.15) is 67.2 Å². The minimum Gasteiger partial charge on any atom is -0.207 e. The number of halogens is 3. The number of ether oxygens (including phenoxy) is 2. The average Bonchev–Trinajstić information content (AvgIpc) is 3.01. The molecule has 1 amide bonds. The monoisotopic (exact) mass is 859 g/mol. The van der Waals surface area contributed by atoms with Crippen LogP contribution in [0.4, 0.5) is 19.0 Å². The molecule has 7 rings (SSSR count). The fourth-order valence-corrected chi connectivity index (χ4v) is 9.23. The molecule has 2 saturated carbocycles. The quantitative estimate of drug-likeness (QED) is 0.295. The Balaban J connectivity index is 1.03. The smallest absolute Gasteiger partial charge is 0.207 e. The molecule has 4 aliphatic rings. The maximum absolute atomic E-state index is 14.5. The molecule has 3 radical (unpaired) electrons. The van der Waals surface area contributed by atoms with Crippen molar-refractivity contribution >= 4 is 37.5 Å². The first-order valence-electron chi connectivity index (χ1n) is 16.4. The predicted octanol–water partition coefficient (Wildman–Crippen LogP) is 4.52. The van der Waals surface area contributed by atoms with Crippen molar-refractivity contribution in [3.05, 3.63) is 65.6 Å². The molecule has 3 fully saturated rings. The van der Waals surface area contributed by atoms with Gasteiger partial charge in [-0.3, -0.25) is 4.79 Å². The number of pyridine rings is 1. The number of rotatable bonds is 10. The normalized spacial score (nSPS) is 21.7. The van der Waals surface area contributed by atoms with Crippen LogP contribution in [0.2, 0.25) is 0 Å². The topological polar surface area (TPSA) is 104 Å². The van der Waals surface area contributed by atoms with E-state index in [1.54, 1.807) is 20.0 Å². The number of carbonyl (C=O) groups is 1. The molecule has 2 aliphatic carbocycles. The number of amides is 1. The van der Waals surface area contributed by atoms with E-state index >= 15 is 0 Å². The van der Waals surface area contributed by atoms with Crippen molar-refractivity contribution in [3.8, 4) is 17.2 Å². The van der Waals surface area contributed by atoms with Crippen LogP contribution >= 0.6 is 0 Å². The number of benzene rings is 1. The van der Waals surface area contributed by atoms with Crippen LogP contribution in [0.25, 0.3) is 0 Å². The first-order chi connectivity index (χ1) is 23.0. The molecule has 3 aromatic rings. The van der Waals surface area contributed by atoms with E-state index in [2.05, 4.69) is 24.8 Å². The third-order valence-electron chi connectivity index (χ3n) is 10.1. The Hall–Kier alpha value is -3.05. The van der Waals surface area contributed by atoms with Crippen molar-refractivity contribution in [1.29, 1.82) is 0 Å². The summed E-state index contributed by atoms with van der Waals surface area (Å²) < 4.78 is 55.6. The molecule has 14 heteroatoms. The Bertz CT molecular complexity index is 1680. The summed E-state index contributed by atoms with van der Waals surface area (Å²) in [6.07, 6.45) is 6.54. The Morgan fingerprint density at radius 2 is 1.90 bits per heavy atom. The first kappa shape index (κ1) is 33.4. The standard InChI is InChI=1S/C34H38F3N6O4.Pb/c1-20(2)43(22-11-34(36,37)12-22)32(45)24-10-21(35)4-5-27(24)47-29-15-38-19-40-31(29)42-17-33(18-42)13-23(14-33)46-28-6-8-39-25-7-9-41(3)26(16-44)30(25)28;/h4-6,8,10,15,19-20,22-23,26,44H,3,7,9,11-14,16-18H2,1-2H3;. The van der Waals surface area contributed by atoms with E-state index in [1.807, 2.05) is 6.07 Å². The Labute approximate surface area is 293 Å². The van der Waals surface area contributed by atoms with Gasteiger partial charge in [0, 0.05) is 24.9 Å². The zero-order valence-electron chi connectivity index (χ0n) is 26.9. The molecule has 1 atom stereocenters. The summed E-state index contributed by atoms with van der Waals surface area (Å²) in [4.78, 5) is 32.7. The summed E-state index contributed by atoms with van der Waals surface area (Å²) in [6, 6.07) is 4.48. The fraction of sp³-hybridized carbons (Fsp3) is 0.529. The van der Waals surface area contributed by atoms with Gasteiger partial charge >= 0.3 is 153 Å². The predicted molar refractivity (Wildman–Crippen MR) is 171 cm³/mol. The second-order valence-electron chi connectivity index (χ2n) is 13.8. The van der Waals surface area contributed by atoms with Gasteiger partial charge in [0.15, 0.2) is 5.75 Å². The van der Waals surface area contributed by atoms with Crippen molar-refractivity contribution in [2.75, 3.05) is 35.2 Å². The summed E-state index contributed by atoms with van der Waals surface area (Å²) in [7, 11) is 0. The summed E-state index contributed by atoms with van der Waals surface area (Å²) in [5.41, 5.74) is 2.04. The molecule has 1 unspecified atom stereocenters. The fourth-order valence-electron chi connectivity index (χ4n) is 7.76. The number of anilines is 1.